The predicted octanol–water partition coefficient (Wildman–Crippen LogP) is 3.24. The lowest BCUT2D eigenvalue weighted by molar-refractivity contribution is -0.389. The van der Waals surface area contributed by atoms with Gasteiger partial charge in [0.2, 0.25) is 0 Å². The first-order chi connectivity index (χ1) is 16.6. The number of fused-ring (bicyclic) bond motifs is 2. The molecule has 14 heteroatoms. The lowest BCUT2D eigenvalue weighted by atomic mass is 10.1. The molecule has 5 rings (SSSR count). The highest BCUT2D eigenvalue weighted by molar-refractivity contribution is 5.87. The Kier molecular flexibility index (Phi) is 5.54. The van der Waals surface area contributed by atoms with Crippen molar-refractivity contribution in [1.82, 2.24) is 19.5 Å². The Labute approximate surface area is 196 Å². The fourth-order valence-corrected chi connectivity index (χ4v) is 4.29. The van der Waals surface area contributed by atoms with Crippen molar-refractivity contribution in [2.24, 2.45) is 5.10 Å². The highest BCUT2D eigenvalue weighted by Crippen LogP contribution is 2.32. The molecule has 186 valence electrons. The van der Waals surface area contributed by atoms with Gasteiger partial charge < -0.3 is 24.0 Å². The molecule has 1 fully saturated rings. The van der Waals surface area contributed by atoms with E-state index in [9.17, 15) is 23.3 Å². The highest BCUT2D eigenvalue weighted by Gasteiger charge is 2.41. The number of rotatable bonds is 6. The van der Waals surface area contributed by atoms with Crippen molar-refractivity contribution in [3.05, 3.63) is 46.3 Å². The van der Waals surface area contributed by atoms with Gasteiger partial charge in [0.25, 0.3) is 0 Å². The zero-order valence-corrected chi connectivity index (χ0v) is 18.6. The number of aromatic nitrogens is 2. The second-order valence-corrected chi connectivity index (χ2v) is 8.69. The average Bonchev–Trinajstić information content (AvgIpc) is 3.42. The van der Waals surface area contributed by atoms with Gasteiger partial charge in [0.15, 0.2) is 0 Å². The first kappa shape index (κ1) is 23.0. The fourth-order valence-electron chi connectivity index (χ4n) is 4.29. The quantitative estimate of drug-likeness (QED) is 0.292. The van der Waals surface area contributed by atoms with Crippen LogP contribution < -0.4 is 9.47 Å². The zero-order valence-electron chi connectivity index (χ0n) is 18.6. The Bertz CT molecular complexity index is 1250. The van der Waals surface area contributed by atoms with Gasteiger partial charge in [0.05, 0.1) is 12.8 Å². The van der Waals surface area contributed by atoms with Crippen LogP contribution in [0.1, 0.15) is 12.7 Å². The molecule has 2 aromatic heterocycles. The zero-order chi connectivity index (χ0) is 24.8. The van der Waals surface area contributed by atoms with Crippen LogP contribution in [-0.4, -0.2) is 75.3 Å². The van der Waals surface area contributed by atoms with Gasteiger partial charge in [-0.2, -0.15) is 5.10 Å². The largest absolute Gasteiger partial charge is 0.573 e. The molecule has 1 aromatic carbocycles. The van der Waals surface area contributed by atoms with Crippen LogP contribution in [0.3, 0.4) is 0 Å². The van der Waals surface area contributed by atoms with E-state index in [4.69, 9.17) is 9.15 Å². The van der Waals surface area contributed by atoms with Crippen LogP contribution in [0.25, 0.3) is 11.0 Å². The van der Waals surface area contributed by atoms with E-state index in [1.54, 1.807) is 10.6 Å². The molecule has 0 radical (unpaired) electrons. The number of nitro groups is 1. The summed E-state index contributed by atoms with van der Waals surface area (Å²) in [6, 6.07) is 5.73. The van der Waals surface area contributed by atoms with E-state index in [0.717, 1.165) is 13.1 Å². The molecule has 2 aliphatic heterocycles. The maximum Gasteiger partial charge on any atom is 0.573 e. The van der Waals surface area contributed by atoms with Crippen LogP contribution in [0.5, 0.6) is 11.8 Å². The van der Waals surface area contributed by atoms with E-state index in [-0.39, 0.29) is 17.6 Å². The molecule has 2 aliphatic rings. The Hall–Kier alpha value is -3.81. The minimum atomic E-state index is -4.76. The SMILES string of the molecule is CC1(CN2CCN(N=Cc3cc4cc(OC(F)(F)F)ccc4o3)CC2)Cn2cc([N+](=O)[O-])nc2O1. The molecule has 1 atom stereocenters. The van der Waals surface area contributed by atoms with Gasteiger partial charge in [-0.15, -0.1) is 13.2 Å². The van der Waals surface area contributed by atoms with Crippen molar-refractivity contribution in [3.8, 4) is 11.8 Å². The monoisotopic (exact) mass is 494 g/mol. The third kappa shape index (κ3) is 5.16. The molecule has 4 heterocycles. The van der Waals surface area contributed by atoms with E-state index in [1.807, 2.05) is 11.9 Å². The summed E-state index contributed by atoms with van der Waals surface area (Å²) in [6.45, 7) is 5.84. The fraction of sp³-hybridized carbons (Fsp3) is 0.429. The molecular weight excluding hydrogens is 473 g/mol. The Morgan fingerprint density at radius 3 is 2.74 bits per heavy atom. The van der Waals surface area contributed by atoms with Crippen molar-refractivity contribution in [1.29, 1.82) is 0 Å². The third-order valence-corrected chi connectivity index (χ3v) is 5.75. The normalized spacial score (nSPS) is 21.0. The van der Waals surface area contributed by atoms with Crippen molar-refractivity contribution in [2.45, 2.75) is 25.4 Å². The van der Waals surface area contributed by atoms with E-state index in [0.29, 0.717) is 42.9 Å². The van der Waals surface area contributed by atoms with Crippen molar-refractivity contribution < 1.29 is 32.0 Å². The molecule has 0 spiro atoms. The summed E-state index contributed by atoms with van der Waals surface area (Å²) < 4.78 is 54.4. The molecule has 0 aliphatic carbocycles. The lowest BCUT2D eigenvalue weighted by Crippen LogP contribution is -2.51. The van der Waals surface area contributed by atoms with Crippen LogP contribution in [0.2, 0.25) is 0 Å². The van der Waals surface area contributed by atoms with Crippen LogP contribution >= 0.6 is 0 Å². The number of furan rings is 1. The maximum absolute atomic E-state index is 12.4. The summed E-state index contributed by atoms with van der Waals surface area (Å²) in [5.41, 5.74) is -0.104. The third-order valence-electron chi connectivity index (χ3n) is 5.75. The highest BCUT2D eigenvalue weighted by atomic mass is 19.4. The summed E-state index contributed by atoms with van der Waals surface area (Å²) in [6.07, 6.45) is -1.84. The van der Waals surface area contributed by atoms with Crippen LogP contribution in [0.4, 0.5) is 19.0 Å². The molecule has 1 unspecified atom stereocenters. The number of piperazine rings is 1. The molecule has 3 aromatic rings. The smallest absolute Gasteiger partial charge is 0.455 e. The molecule has 0 saturated carbocycles. The molecule has 1 saturated heterocycles. The molecular formula is C21H21F3N6O5. The molecule has 11 nitrogen and oxygen atoms in total. The van der Waals surface area contributed by atoms with Gasteiger partial charge >= 0.3 is 18.2 Å². The number of alkyl halides is 3. The summed E-state index contributed by atoms with van der Waals surface area (Å²) in [5, 5.41) is 17.7. The molecule has 0 N–H and O–H groups in total. The maximum atomic E-state index is 12.4. The summed E-state index contributed by atoms with van der Waals surface area (Å²) in [7, 11) is 0. The minimum Gasteiger partial charge on any atom is -0.455 e. The van der Waals surface area contributed by atoms with Crippen molar-refractivity contribution >= 4 is 23.0 Å². The standard InChI is InChI=1S/C21H21F3N6O5/c1-20(13-28-11-18(30(31)32)26-19(28)35-20)12-27-4-6-29(7-5-27)25-10-16-9-14-8-15(34-21(22,23)24)2-3-17(14)33-16/h2-3,8-11H,4-7,12-13H2,1H3. The van der Waals surface area contributed by atoms with Gasteiger partial charge in [-0.05, 0) is 36.1 Å². The van der Waals surface area contributed by atoms with Gasteiger partial charge in [-0.25, -0.2) is 0 Å². The average molecular weight is 494 g/mol. The van der Waals surface area contributed by atoms with Crippen molar-refractivity contribution in [2.75, 3.05) is 32.7 Å². The molecule has 0 bridgehead atoms. The second kappa shape index (κ2) is 8.45. The van der Waals surface area contributed by atoms with Crippen molar-refractivity contribution in [3.63, 3.8) is 0 Å². The van der Waals surface area contributed by atoms with Gasteiger partial charge in [0.1, 0.15) is 28.9 Å². The first-order valence-electron chi connectivity index (χ1n) is 10.8. The van der Waals surface area contributed by atoms with Gasteiger partial charge in [-0.1, -0.05) is 0 Å². The first-order valence-corrected chi connectivity index (χ1v) is 10.8. The van der Waals surface area contributed by atoms with Crippen LogP contribution in [-0.2, 0) is 6.54 Å². The summed E-state index contributed by atoms with van der Waals surface area (Å²) in [4.78, 5) is 16.5. The topological polar surface area (TPSA) is 111 Å². The number of benzene rings is 1. The van der Waals surface area contributed by atoms with E-state index >= 15 is 0 Å². The predicted molar refractivity (Wildman–Crippen MR) is 116 cm³/mol. The number of hydrazone groups is 1. The number of imidazole rings is 1. The van der Waals surface area contributed by atoms with Gasteiger partial charge in [0, 0.05) is 43.1 Å². The van der Waals surface area contributed by atoms with E-state index in [2.05, 4.69) is 19.7 Å². The Morgan fingerprint density at radius 2 is 2.06 bits per heavy atom. The number of nitrogens with zero attached hydrogens (tertiary/aromatic N) is 6. The van der Waals surface area contributed by atoms with Crippen LogP contribution in [0.15, 0.2) is 40.0 Å². The molecule has 0 amide bonds. The van der Waals surface area contributed by atoms with Gasteiger partial charge in [-0.3, -0.25) is 14.5 Å². The number of halogens is 3. The van der Waals surface area contributed by atoms with E-state index < -0.39 is 16.9 Å². The number of hydrogen-bond donors (Lipinski definition) is 0. The number of ether oxygens (including phenoxy) is 2. The Balaban J connectivity index is 1.14. The Morgan fingerprint density at radius 1 is 1.29 bits per heavy atom. The van der Waals surface area contributed by atoms with E-state index in [1.165, 1.54) is 30.6 Å². The summed E-state index contributed by atoms with van der Waals surface area (Å²) in [5.74, 6) is -0.123. The lowest BCUT2D eigenvalue weighted by Gasteiger charge is -2.36. The number of hydrogen-bond acceptors (Lipinski definition) is 9. The van der Waals surface area contributed by atoms with Crippen LogP contribution in [0, 0.1) is 10.1 Å². The minimum absolute atomic E-state index is 0.229. The summed E-state index contributed by atoms with van der Waals surface area (Å²) >= 11 is 0. The molecule has 35 heavy (non-hydrogen) atoms. The second-order valence-electron chi connectivity index (χ2n) is 8.69.